The van der Waals surface area contributed by atoms with Crippen molar-refractivity contribution in [2.45, 2.75) is 20.0 Å². The fourth-order valence-corrected chi connectivity index (χ4v) is 1.72. The van der Waals surface area contributed by atoms with E-state index in [2.05, 4.69) is 5.32 Å². The molecule has 1 aliphatic heterocycles. The van der Waals surface area contributed by atoms with Crippen molar-refractivity contribution < 1.29 is 18.0 Å². The summed E-state index contributed by atoms with van der Waals surface area (Å²) in [7, 11) is 0. The average Bonchev–Trinajstić information content (AvgIpc) is 2.08. The van der Waals surface area contributed by atoms with Crippen LogP contribution in [0.1, 0.15) is 13.8 Å². The first-order chi connectivity index (χ1) is 7.35. The van der Waals surface area contributed by atoms with E-state index in [4.69, 9.17) is 0 Å². The molecule has 0 aromatic carbocycles. The molecule has 0 aliphatic carbocycles. The molecule has 6 heteroatoms. The summed E-state index contributed by atoms with van der Waals surface area (Å²) in [6, 6.07) is 0. The lowest BCUT2D eigenvalue weighted by Gasteiger charge is -2.35. The van der Waals surface area contributed by atoms with Crippen LogP contribution < -0.4 is 5.32 Å². The fraction of sp³-hybridized carbons (Fsp3) is 0.900. The van der Waals surface area contributed by atoms with Gasteiger partial charge >= 0.3 is 6.18 Å². The smallest absolute Gasteiger partial charge is 0.334 e. The molecule has 0 bridgehead atoms. The zero-order valence-corrected chi connectivity index (χ0v) is 9.47. The lowest BCUT2D eigenvalue weighted by atomic mass is 9.88. The van der Waals surface area contributed by atoms with Crippen LogP contribution in [0.4, 0.5) is 13.2 Å². The van der Waals surface area contributed by atoms with Crippen LogP contribution >= 0.6 is 0 Å². The van der Waals surface area contributed by atoms with E-state index >= 15 is 0 Å². The molecule has 1 aliphatic rings. The van der Waals surface area contributed by atoms with Crippen molar-refractivity contribution in [3.8, 4) is 0 Å². The molecule has 1 heterocycles. The fourth-order valence-electron chi connectivity index (χ4n) is 1.72. The third kappa shape index (κ3) is 3.37. The van der Waals surface area contributed by atoms with Crippen LogP contribution in [0, 0.1) is 11.8 Å². The molecule has 1 amide bonds. The van der Waals surface area contributed by atoms with Crippen molar-refractivity contribution in [2.75, 3.05) is 26.2 Å². The minimum atomic E-state index is -4.32. The van der Waals surface area contributed by atoms with E-state index in [-0.39, 0.29) is 18.4 Å². The maximum absolute atomic E-state index is 12.2. The van der Waals surface area contributed by atoms with E-state index in [0.29, 0.717) is 0 Å². The van der Waals surface area contributed by atoms with Gasteiger partial charge in [0.25, 0.3) is 0 Å². The molecule has 3 nitrogen and oxygen atoms in total. The first-order valence-corrected chi connectivity index (χ1v) is 5.41. The Kier molecular flexibility index (Phi) is 4.18. The van der Waals surface area contributed by atoms with E-state index in [1.54, 1.807) is 13.8 Å². The highest BCUT2D eigenvalue weighted by molar-refractivity contribution is 5.79. The van der Waals surface area contributed by atoms with Gasteiger partial charge in [0.1, 0.15) is 6.54 Å². The predicted octanol–water partition coefficient (Wildman–Crippen LogP) is 1.25. The van der Waals surface area contributed by atoms with Gasteiger partial charge in [-0.05, 0) is 25.9 Å². The van der Waals surface area contributed by atoms with Crippen LogP contribution in [0.2, 0.25) is 0 Å². The number of nitrogens with zero attached hydrogens (tertiary/aromatic N) is 1. The number of alkyl halides is 3. The van der Waals surface area contributed by atoms with Crippen molar-refractivity contribution in [3.63, 3.8) is 0 Å². The monoisotopic (exact) mass is 238 g/mol. The number of carbonyl (C=O) groups is 1. The Morgan fingerprint density at radius 1 is 1.50 bits per heavy atom. The summed E-state index contributed by atoms with van der Waals surface area (Å²) in [5.74, 6) is -0.551. The zero-order valence-electron chi connectivity index (χ0n) is 9.47. The molecule has 16 heavy (non-hydrogen) atoms. The summed E-state index contributed by atoms with van der Waals surface area (Å²) in [5, 5.41) is 3.01. The van der Waals surface area contributed by atoms with Crippen molar-refractivity contribution >= 4 is 5.91 Å². The first-order valence-electron chi connectivity index (χ1n) is 5.41. The number of hydrogen-bond donors (Lipinski definition) is 1. The second-order valence-electron chi connectivity index (χ2n) is 4.17. The van der Waals surface area contributed by atoms with Gasteiger partial charge in [-0.2, -0.15) is 13.2 Å². The maximum Gasteiger partial charge on any atom is 0.406 e. The number of rotatable bonds is 4. The maximum atomic E-state index is 12.2. The van der Waals surface area contributed by atoms with Gasteiger partial charge < -0.3 is 10.2 Å². The van der Waals surface area contributed by atoms with Crippen LogP contribution in [0.5, 0.6) is 0 Å². The van der Waals surface area contributed by atoms with Crippen LogP contribution in [0.15, 0.2) is 0 Å². The van der Waals surface area contributed by atoms with Crippen LogP contribution in [0.3, 0.4) is 0 Å². The molecular formula is C10H17F3N2O. The van der Waals surface area contributed by atoms with Gasteiger partial charge in [-0.1, -0.05) is 6.92 Å². The third-order valence-corrected chi connectivity index (χ3v) is 2.97. The Balaban J connectivity index is 2.54. The lowest BCUT2D eigenvalue weighted by molar-refractivity contribution is -0.164. The van der Waals surface area contributed by atoms with Gasteiger partial charge in [-0.15, -0.1) is 0 Å². The van der Waals surface area contributed by atoms with Gasteiger partial charge in [-0.25, -0.2) is 0 Å². The molecule has 1 saturated heterocycles. The summed E-state index contributed by atoms with van der Waals surface area (Å²) < 4.78 is 36.6. The highest BCUT2D eigenvalue weighted by Gasteiger charge is 2.36. The van der Waals surface area contributed by atoms with Crippen molar-refractivity contribution in [3.05, 3.63) is 0 Å². The van der Waals surface area contributed by atoms with E-state index in [0.717, 1.165) is 18.0 Å². The van der Waals surface area contributed by atoms with E-state index in [9.17, 15) is 18.0 Å². The molecule has 1 atom stereocenters. The molecule has 0 spiro atoms. The number of carbonyl (C=O) groups excluding carboxylic acids is 1. The molecule has 1 N–H and O–H groups in total. The van der Waals surface area contributed by atoms with Gasteiger partial charge in [0, 0.05) is 12.5 Å². The molecule has 0 saturated carbocycles. The summed E-state index contributed by atoms with van der Waals surface area (Å²) in [4.78, 5) is 12.7. The number of halogens is 3. The van der Waals surface area contributed by atoms with Gasteiger partial charge in [0.2, 0.25) is 5.91 Å². The van der Waals surface area contributed by atoms with Crippen LogP contribution in [0.25, 0.3) is 0 Å². The number of hydrogen-bond acceptors (Lipinski definition) is 2. The second kappa shape index (κ2) is 5.03. The average molecular weight is 238 g/mol. The Bertz CT molecular complexity index is 251. The topological polar surface area (TPSA) is 32.3 Å². The number of nitrogens with one attached hydrogen (secondary N) is 1. The molecule has 94 valence electrons. The minimum Gasteiger partial charge on any atom is -0.334 e. The van der Waals surface area contributed by atoms with E-state index < -0.39 is 18.6 Å². The van der Waals surface area contributed by atoms with E-state index in [1.807, 2.05) is 0 Å². The van der Waals surface area contributed by atoms with Gasteiger partial charge in [-0.3, -0.25) is 4.79 Å². The van der Waals surface area contributed by atoms with Gasteiger partial charge in [0.05, 0.1) is 0 Å². The van der Waals surface area contributed by atoms with E-state index in [1.165, 1.54) is 0 Å². The highest BCUT2D eigenvalue weighted by atomic mass is 19.4. The molecule has 0 aromatic rings. The molecule has 1 unspecified atom stereocenters. The SMILES string of the molecule is CCN(CC(F)(F)F)C(=O)C(C)C1CNC1. The van der Waals surface area contributed by atoms with Crippen LogP contribution in [-0.4, -0.2) is 43.2 Å². The molecular weight excluding hydrogens is 221 g/mol. The first kappa shape index (κ1) is 13.3. The summed E-state index contributed by atoms with van der Waals surface area (Å²) in [6.07, 6.45) is -4.32. The van der Waals surface area contributed by atoms with Crippen molar-refractivity contribution in [1.82, 2.24) is 10.2 Å². The predicted molar refractivity (Wildman–Crippen MR) is 53.8 cm³/mol. The second-order valence-corrected chi connectivity index (χ2v) is 4.17. The Hall–Kier alpha value is -0.780. The number of amides is 1. The zero-order chi connectivity index (χ0) is 12.3. The van der Waals surface area contributed by atoms with Crippen molar-refractivity contribution in [2.24, 2.45) is 11.8 Å². The summed E-state index contributed by atoms with van der Waals surface area (Å²) in [5.41, 5.74) is 0. The Labute approximate surface area is 93.0 Å². The highest BCUT2D eigenvalue weighted by Crippen LogP contribution is 2.22. The van der Waals surface area contributed by atoms with Gasteiger partial charge in [0.15, 0.2) is 0 Å². The molecule has 0 radical (unpaired) electrons. The molecule has 0 aromatic heterocycles. The standard InChI is InChI=1S/C10H17F3N2O/c1-3-15(6-10(11,12)13)9(16)7(2)8-4-14-5-8/h7-8,14H,3-6H2,1-2H3. The summed E-state index contributed by atoms with van der Waals surface area (Å²) in [6.45, 7) is 3.66. The minimum absolute atomic E-state index is 0.100. The molecule has 1 fully saturated rings. The summed E-state index contributed by atoms with van der Waals surface area (Å²) >= 11 is 0. The van der Waals surface area contributed by atoms with Crippen molar-refractivity contribution in [1.29, 1.82) is 0 Å². The quantitative estimate of drug-likeness (QED) is 0.799. The molecule has 1 rings (SSSR count). The third-order valence-electron chi connectivity index (χ3n) is 2.97. The Morgan fingerprint density at radius 3 is 2.38 bits per heavy atom. The lowest BCUT2D eigenvalue weighted by Crippen LogP contribution is -2.51. The largest absolute Gasteiger partial charge is 0.406 e. The Morgan fingerprint density at radius 2 is 2.06 bits per heavy atom. The normalized spacial score (nSPS) is 19.1. The van der Waals surface area contributed by atoms with Crippen LogP contribution in [-0.2, 0) is 4.79 Å².